The van der Waals surface area contributed by atoms with Crippen molar-refractivity contribution in [1.82, 2.24) is 0 Å². The number of carbonyl (C=O) groups is 1. The van der Waals surface area contributed by atoms with Gasteiger partial charge in [0.25, 0.3) is 0 Å². The van der Waals surface area contributed by atoms with Gasteiger partial charge in [-0.25, -0.2) is 4.79 Å². The average molecular weight is 256 g/mol. The number of rotatable bonds is 2. The topological polar surface area (TPSA) is 37.3 Å². The second kappa shape index (κ2) is 4.50. The van der Waals surface area contributed by atoms with E-state index in [0.29, 0.717) is 5.56 Å². The highest BCUT2D eigenvalue weighted by atomic mass is 32.2. The average Bonchev–Trinajstić information content (AvgIpc) is 2.82. The molecule has 1 aliphatic rings. The number of carboxylic acid groups (broad SMARTS) is 1. The molecule has 0 aliphatic carbocycles. The molecule has 1 aliphatic heterocycles. The number of fused-ring (bicyclic) bond motifs is 1. The molecule has 0 spiro atoms. The van der Waals surface area contributed by atoms with Crippen molar-refractivity contribution in [3.05, 3.63) is 65.2 Å². The standard InChI is InChI=1S/C15H12O2S/c16-15(17)12-7-3-2-6-11(12)14-9-10-5-1-4-8-13(10)18-14/h1-8,14H,9H2,(H,16,17). The van der Waals surface area contributed by atoms with E-state index in [1.807, 2.05) is 24.3 Å². The Morgan fingerprint density at radius 2 is 1.83 bits per heavy atom. The summed E-state index contributed by atoms with van der Waals surface area (Å²) in [6, 6.07) is 15.6. The summed E-state index contributed by atoms with van der Waals surface area (Å²) in [6.07, 6.45) is 0.908. The van der Waals surface area contributed by atoms with Crippen molar-refractivity contribution in [2.75, 3.05) is 0 Å². The third kappa shape index (κ3) is 1.91. The molecule has 1 atom stereocenters. The Labute approximate surface area is 110 Å². The molecule has 0 amide bonds. The Bertz CT molecular complexity index is 582. The highest BCUT2D eigenvalue weighted by Crippen LogP contribution is 2.46. The summed E-state index contributed by atoms with van der Waals surface area (Å²) >= 11 is 1.76. The van der Waals surface area contributed by atoms with E-state index in [9.17, 15) is 9.90 Å². The summed E-state index contributed by atoms with van der Waals surface area (Å²) < 4.78 is 0. The zero-order valence-electron chi connectivity index (χ0n) is 9.67. The minimum absolute atomic E-state index is 0.217. The molecule has 90 valence electrons. The fourth-order valence-electron chi connectivity index (χ4n) is 2.33. The predicted octanol–water partition coefficient (Wildman–Crippen LogP) is 3.77. The lowest BCUT2D eigenvalue weighted by Crippen LogP contribution is -2.04. The van der Waals surface area contributed by atoms with Gasteiger partial charge in [0.05, 0.1) is 5.56 Å². The van der Waals surface area contributed by atoms with Crippen molar-refractivity contribution in [3.8, 4) is 0 Å². The van der Waals surface area contributed by atoms with Gasteiger partial charge in [-0.3, -0.25) is 0 Å². The van der Waals surface area contributed by atoms with Gasteiger partial charge in [0.1, 0.15) is 0 Å². The van der Waals surface area contributed by atoms with Crippen LogP contribution in [0, 0.1) is 0 Å². The molecule has 0 fully saturated rings. The van der Waals surface area contributed by atoms with Crippen molar-refractivity contribution in [2.45, 2.75) is 16.6 Å². The number of benzene rings is 2. The molecule has 0 saturated carbocycles. The van der Waals surface area contributed by atoms with Crippen LogP contribution in [0.5, 0.6) is 0 Å². The minimum Gasteiger partial charge on any atom is -0.478 e. The molecule has 2 nitrogen and oxygen atoms in total. The van der Waals surface area contributed by atoms with Crippen molar-refractivity contribution in [2.24, 2.45) is 0 Å². The van der Waals surface area contributed by atoms with Gasteiger partial charge in [0, 0.05) is 10.1 Å². The molecule has 1 heterocycles. The predicted molar refractivity (Wildman–Crippen MR) is 72.1 cm³/mol. The SMILES string of the molecule is O=C(O)c1ccccc1C1Cc2ccccc2S1. The summed E-state index contributed by atoms with van der Waals surface area (Å²) in [5.41, 5.74) is 2.65. The molecule has 1 unspecified atom stereocenters. The van der Waals surface area contributed by atoms with E-state index in [4.69, 9.17) is 0 Å². The lowest BCUT2D eigenvalue weighted by atomic mass is 10.00. The second-order valence-electron chi connectivity index (χ2n) is 4.31. The number of hydrogen-bond donors (Lipinski definition) is 1. The van der Waals surface area contributed by atoms with Crippen LogP contribution in [0.2, 0.25) is 0 Å². The first-order valence-corrected chi connectivity index (χ1v) is 6.70. The van der Waals surface area contributed by atoms with Crippen LogP contribution in [0.3, 0.4) is 0 Å². The highest BCUT2D eigenvalue weighted by molar-refractivity contribution is 7.99. The van der Waals surface area contributed by atoms with Gasteiger partial charge >= 0.3 is 5.97 Å². The maximum Gasteiger partial charge on any atom is 0.336 e. The first-order chi connectivity index (χ1) is 8.75. The summed E-state index contributed by atoms with van der Waals surface area (Å²) in [4.78, 5) is 12.5. The molecule has 0 bridgehead atoms. The number of hydrogen-bond acceptors (Lipinski definition) is 2. The normalized spacial score (nSPS) is 17.4. The smallest absolute Gasteiger partial charge is 0.336 e. The fourth-order valence-corrected chi connectivity index (χ4v) is 3.69. The Morgan fingerprint density at radius 3 is 2.61 bits per heavy atom. The third-order valence-electron chi connectivity index (χ3n) is 3.19. The minimum atomic E-state index is -0.845. The summed E-state index contributed by atoms with van der Waals surface area (Å²) in [6.45, 7) is 0. The molecule has 3 heteroatoms. The van der Waals surface area contributed by atoms with Crippen molar-refractivity contribution in [3.63, 3.8) is 0 Å². The molecule has 2 aromatic rings. The monoisotopic (exact) mass is 256 g/mol. The Morgan fingerprint density at radius 1 is 1.11 bits per heavy atom. The van der Waals surface area contributed by atoms with Crippen LogP contribution in [0.1, 0.15) is 26.7 Å². The quantitative estimate of drug-likeness (QED) is 0.888. The lowest BCUT2D eigenvalue weighted by molar-refractivity contribution is 0.0695. The zero-order valence-corrected chi connectivity index (χ0v) is 10.5. The number of carboxylic acids is 1. The van der Waals surface area contributed by atoms with Gasteiger partial charge in [0.2, 0.25) is 0 Å². The van der Waals surface area contributed by atoms with Crippen LogP contribution < -0.4 is 0 Å². The molecule has 1 N–H and O–H groups in total. The first-order valence-electron chi connectivity index (χ1n) is 5.82. The number of thioether (sulfide) groups is 1. The van der Waals surface area contributed by atoms with Gasteiger partial charge in [-0.1, -0.05) is 36.4 Å². The van der Waals surface area contributed by atoms with Crippen LogP contribution >= 0.6 is 11.8 Å². The number of aromatic carboxylic acids is 1. The maximum absolute atomic E-state index is 11.2. The first kappa shape index (κ1) is 11.4. The Hall–Kier alpha value is -1.74. The summed E-state index contributed by atoms with van der Waals surface area (Å²) in [5.74, 6) is -0.845. The van der Waals surface area contributed by atoms with Crippen molar-refractivity contribution in [1.29, 1.82) is 0 Å². The lowest BCUT2D eigenvalue weighted by Gasteiger charge is -2.11. The van der Waals surface area contributed by atoms with E-state index in [-0.39, 0.29) is 5.25 Å². The van der Waals surface area contributed by atoms with Gasteiger partial charge < -0.3 is 5.11 Å². The second-order valence-corrected chi connectivity index (χ2v) is 5.56. The summed E-state index contributed by atoms with van der Waals surface area (Å²) in [7, 11) is 0. The maximum atomic E-state index is 11.2. The van der Waals surface area contributed by atoms with E-state index in [2.05, 4.69) is 12.1 Å². The van der Waals surface area contributed by atoms with Gasteiger partial charge in [0.15, 0.2) is 0 Å². The van der Waals surface area contributed by atoms with E-state index in [1.54, 1.807) is 23.9 Å². The molecular weight excluding hydrogens is 244 g/mol. The highest BCUT2D eigenvalue weighted by Gasteiger charge is 2.26. The summed E-state index contributed by atoms with van der Waals surface area (Å²) in [5, 5.41) is 9.45. The van der Waals surface area contributed by atoms with Crippen LogP contribution in [0.15, 0.2) is 53.4 Å². The molecular formula is C15H12O2S. The van der Waals surface area contributed by atoms with Crippen molar-refractivity contribution >= 4 is 17.7 Å². The fraction of sp³-hybridized carbons (Fsp3) is 0.133. The van der Waals surface area contributed by atoms with Gasteiger partial charge in [-0.2, -0.15) is 0 Å². The van der Waals surface area contributed by atoms with Crippen LogP contribution in [-0.2, 0) is 6.42 Å². The van der Waals surface area contributed by atoms with Crippen LogP contribution in [0.25, 0.3) is 0 Å². The van der Waals surface area contributed by atoms with E-state index in [0.717, 1.165) is 12.0 Å². The Balaban J connectivity index is 1.98. The van der Waals surface area contributed by atoms with Gasteiger partial charge in [-0.15, -0.1) is 11.8 Å². The molecule has 18 heavy (non-hydrogen) atoms. The third-order valence-corrected chi connectivity index (χ3v) is 4.54. The largest absolute Gasteiger partial charge is 0.478 e. The van der Waals surface area contributed by atoms with E-state index >= 15 is 0 Å². The molecule has 0 aromatic heterocycles. The molecule has 2 aromatic carbocycles. The van der Waals surface area contributed by atoms with E-state index < -0.39 is 5.97 Å². The van der Waals surface area contributed by atoms with Gasteiger partial charge in [-0.05, 0) is 29.7 Å². The van der Waals surface area contributed by atoms with Crippen molar-refractivity contribution < 1.29 is 9.90 Å². The van der Waals surface area contributed by atoms with Crippen LogP contribution in [0.4, 0.5) is 0 Å². The molecule has 0 saturated heterocycles. The molecule has 0 radical (unpaired) electrons. The van der Waals surface area contributed by atoms with Crippen LogP contribution in [-0.4, -0.2) is 11.1 Å². The molecule has 3 rings (SSSR count). The Kier molecular flexibility index (Phi) is 2.84. The van der Waals surface area contributed by atoms with E-state index in [1.165, 1.54) is 10.5 Å². The zero-order chi connectivity index (χ0) is 12.5.